The van der Waals surface area contributed by atoms with E-state index in [1.165, 1.54) is 6.07 Å². The van der Waals surface area contributed by atoms with Gasteiger partial charge >= 0.3 is 0 Å². The van der Waals surface area contributed by atoms with Gasteiger partial charge in [-0.2, -0.15) is 10.5 Å². The maximum absolute atomic E-state index is 14.5. The molecule has 5 nitrogen and oxygen atoms in total. The van der Waals surface area contributed by atoms with E-state index in [0.29, 0.717) is 27.7 Å². The van der Waals surface area contributed by atoms with Gasteiger partial charge in [0.05, 0.1) is 41.0 Å². The first kappa shape index (κ1) is 20.2. The van der Waals surface area contributed by atoms with Crippen LogP contribution in [0.4, 0.5) is 4.39 Å². The van der Waals surface area contributed by atoms with Crippen molar-refractivity contribution in [1.29, 1.82) is 10.5 Å². The summed E-state index contributed by atoms with van der Waals surface area (Å²) in [5, 5.41) is 18.5. The van der Waals surface area contributed by atoms with Crippen LogP contribution in [-0.4, -0.2) is 15.3 Å². The van der Waals surface area contributed by atoms with E-state index < -0.39 is 11.2 Å². The van der Waals surface area contributed by atoms with Crippen LogP contribution in [0.5, 0.6) is 0 Å². The molecular weight excluding hydrogens is 367 g/mol. The lowest BCUT2D eigenvalue weighted by Gasteiger charge is -2.19. The number of imidazole rings is 1. The number of halogens is 1. The first-order valence-corrected chi connectivity index (χ1v) is 9.33. The van der Waals surface area contributed by atoms with Gasteiger partial charge < -0.3 is 4.57 Å². The topological polar surface area (TPSA) is 82.5 Å². The van der Waals surface area contributed by atoms with Gasteiger partial charge in [-0.3, -0.25) is 4.79 Å². The van der Waals surface area contributed by atoms with Crippen molar-refractivity contribution in [1.82, 2.24) is 9.55 Å². The van der Waals surface area contributed by atoms with Gasteiger partial charge in [0, 0.05) is 12.0 Å². The number of Topliss-reactive ketones (excluding diaryl/α,β-unsaturated/α-hetero) is 1. The normalized spacial score (nSPS) is 12.3. The van der Waals surface area contributed by atoms with E-state index in [2.05, 4.69) is 17.1 Å². The summed E-state index contributed by atoms with van der Waals surface area (Å²) in [4.78, 5) is 16.9. The number of benzene rings is 2. The molecule has 0 radical (unpaired) electrons. The van der Waals surface area contributed by atoms with E-state index in [-0.39, 0.29) is 24.7 Å². The molecule has 29 heavy (non-hydrogen) atoms. The molecule has 2 aromatic carbocycles. The van der Waals surface area contributed by atoms with Gasteiger partial charge in [-0.15, -0.1) is 0 Å². The predicted molar refractivity (Wildman–Crippen MR) is 108 cm³/mol. The molecule has 0 saturated heterocycles. The van der Waals surface area contributed by atoms with E-state index in [1.54, 1.807) is 55.1 Å². The van der Waals surface area contributed by atoms with Crippen molar-refractivity contribution >= 4 is 16.8 Å². The predicted octanol–water partition coefficient (Wildman–Crippen LogP) is 4.61. The van der Waals surface area contributed by atoms with Crippen LogP contribution in [0.3, 0.4) is 0 Å². The highest BCUT2D eigenvalue weighted by atomic mass is 19.1. The third-order valence-corrected chi connectivity index (χ3v) is 5.15. The van der Waals surface area contributed by atoms with Gasteiger partial charge in [-0.05, 0) is 43.5 Å². The van der Waals surface area contributed by atoms with Crippen molar-refractivity contribution in [2.75, 3.05) is 0 Å². The Morgan fingerprint density at radius 1 is 1.28 bits per heavy atom. The zero-order valence-corrected chi connectivity index (χ0v) is 16.6. The van der Waals surface area contributed by atoms with Crippen LogP contribution in [0, 0.1) is 28.5 Å². The van der Waals surface area contributed by atoms with Crippen molar-refractivity contribution in [3.05, 3.63) is 65.2 Å². The molecule has 146 valence electrons. The second-order valence-electron chi connectivity index (χ2n) is 7.78. The zero-order chi connectivity index (χ0) is 21.2. The van der Waals surface area contributed by atoms with Gasteiger partial charge in [0.2, 0.25) is 0 Å². The average Bonchev–Trinajstić information content (AvgIpc) is 3.10. The lowest BCUT2D eigenvalue weighted by molar-refractivity contribution is -0.119. The molecule has 0 saturated carbocycles. The number of carbonyl (C=O) groups excluding carboxylic acids is 1. The summed E-state index contributed by atoms with van der Waals surface area (Å²) in [6.45, 7) is 5.31. The van der Waals surface area contributed by atoms with Crippen LogP contribution < -0.4 is 0 Å². The molecule has 1 atom stereocenters. The minimum atomic E-state index is -0.914. The van der Waals surface area contributed by atoms with E-state index >= 15 is 0 Å². The average molecular weight is 388 g/mol. The summed E-state index contributed by atoms with van der Waals surface area (Å²) in [7, 11) is 0. The Hall–Kier alpha value is -3.51. The number of aromatic nitrogens is 2. The summed E-state index contributed by atoms with van der Waals surface area (Å²) in [5.74, 6) is -0.652. The molecule has 1 aromatic heterocycles. The molecule has 0 fully saturated rings. The molecule has 0 bridgehead atoms. The van der Waals surface area contributed by atoms with Crippen molar-refractivity contribution in [2.24, 2.45) is 0 Å². The molecule has 1 heterocycles. The van der Waals surface area contributed by atoms with Gasteiger partial charge in [0.1, 0.15) is 11.9 Å². The first-order chi connectivity index (χ1) is 13.8. The second-order valence-corrected chi connectivity index (χ2v) is 7.78. The SMILES string of the molecule is CC(CC(=O)Cn1cnc2cccc(C#N)c21)c1ccc(C(C)(C)C#N)c(F)c1. The Morgan fingerprint density at radius 2 is 2.03 bits per heavy atom. The summed E-state index contributed by atoms with van der Waals surface area (Å²) < 4.78 is 16.2. The Morgan fingerprint density at radius 3 is 2.69 bits per heavy atom. The van der Waals surface area contributed by atoms with Crippen LogP contribution in [0.1, 0.15) is 49.8 Å². The second kappa shape index (κ2) is 7.85. The number of hydrogen-bond donors (Lipinski definition) is 0. The molecule has 0 aliphatic carbocycles. The maximum Gasteiger partial charge on any atom is 0.153 e. The Bertz CT molecular complexity index is 1160. The highest BCUT2D eigenvalue weighted by molar-refractivity contribution is 5.85. The highest BCUT2D eigenvalue weighted by Gasteiger charge is 2.24. The van der Waals surface area contributed by atoms with E-state index in [9.17, 15) is 19.7 Å². The lowest BCUT2D eigenvalue weighted by Crippen LogP contribution is -2.17. The van der Waals surface area contributed by atoms with Crippen LogP contribution >= 0.6 is 0 Å². The van der Waals surface area contributed by atoms with Gasteiger partial charge in [-0.1, -0.05) is 25.1 Å². The Kier molecular flexibility index (Phi) is 5.48. The first-order valence-electron chi connectivity index (χ1n) is 9.33. The molecule has 3 rings (SSSR count). The minimum absolute atomic E-state index is 0.0358. The molecule has 0 N–H and O–H groups in total. The number of rotatable bonds is 6. The summed E-state index contributed by atoms with van der Waals surface area (Å²) in [5.41, 5.74) is 1.92. The molecule has 0 aliphatic heterocycles. The fourth-order valence-electron chi connectivity index (χ4n) is 3.46. The van der Waals surface area contributed by atoms with Crippen LogP contribution in [-0.2, 0) is 16.8 Å². The van der Waals surface area contributed by atoms with Crippen LogP contribution in [0.2, 0.25) is 0 Å². The van der Waals surface area contributed by atoms with Crippen molar-refractivity contribution in [2.45, 2.75) is 45.1 Å². The highest BCUT2D eigenvalue weighted by Crippen LogP contribution is 2.29. The van der Waals surface area contributed by atoms with Gasteiger partial charge in [0.25, 0.3) is 0 Å². The Balaban J connectivity index is 1.76. The molecule has 3 aromatic rings. The number of hydrogen-bond acceptors (Lipinski definition) is 4. The molecular formula is C23H21FN4O. The number of fused-ring (bicyclic) bond motifs is 1. The Labute approximate surface area is 169 Å². The summed E-state index contributed by atoms with van der Waals surface area (Å²) in [6.07, 6.45) is 1.79. The number of carbonyl (C=O) groups is 1. The smallest absolute Gasteiger partial charge is 0.153 e. The molecule has 1 unspecified atom stereocenters. The quantitative estimate of drug-likeness (QED) is 0.617. The fraction of sp³-hybridized carbons (Fsp3) is 0.304. The molecule has 0 amide bonds. The number of nitriles is 2. The van der Waals surface area contributed by atoms with Crippen molar-refractivity contribution < 1.29 is 9.18 Å². The molecule has 0 spiro atoms. The lowest BCUT2D eigenvalue weighted by atomic mass is 9.84. The summed E-state index contributed by atoms with van der Waals surface area (Å²) >= 11 is 0. The van der Waals surface area contributed by atoms with E-state index in [1.807, 2.05) is 6.92 Å². The van der Waals surface area contributed by atoms with E-state index in [0.717, 1.165) is 0 Å². The zero-order valence-electron chi connectivity index (χ0n) is 16.6. The number of para-hydroxylation sites is 1. The van der Waals surface area contributed by atoms with Crippen molar-refractivity contribution in [3.63, 3.8) is 0 Å². The van der Waals surface area contributed by atoms with Crippen LogP contribution in [0.25, 0.3) is 11.0 Å². The van der Waals surface area contributed by atoms with Gasteiger partial charge in [0.15, 0.2) is 5.78 Å². The number of ketones is 1. The van der Waals surface area contributed by atoms with Gasteiger partial charge in [-0.25, -0.2) is 9.37 Å². The summed E-state index contributed by atoms with van der Waals surface area (Å²) in [6, 6.07) is 14.3. The largest absolute Gasteiger partial charge is 0.322 e. The standard InChI is InChI=1S/C23H21FN4O/c1-15(16-7-8-19(20(24)10-16)23(2,3)13-26)9-18(29)12-28-14-27-21-6-4-5-17(11-25)22(21)28/h4-8,10,14-15H,9,12H2,1-3H3. The molecule has 6 heteroatoms. The fourth-order valence-corrected chi connectivity index (χ4v) is 3.46. The maximum atomic E-state index is 14.5. The monoisotopic (exact) mass is 388 g/mol. The van der Waals surface area contributed by atoms with Crippen LogP contribution in [0.15, 0.2) is 42.7 Å². The van der Waals surface area contributed by atoms with Crippen molar-refractivity contribution in [3.8, 4) is 12.1 Å². The molecule has 0 aliphatic rings. The minimum Gasteiger partial charge on any atom is -0.322 e. The number of nitrogens with zero attached hydrogens (tertiary/aromatic N) is 4. The third-order valence-electron chi connectivity index (χ3n) is 5.15. The van der Waals surface area contributed by atoms with E-state index in [4.69, 9.17) is 0 Å². The third kappa shape index (κ3) is 4.02.